The van der Waals surface area contributed by atoms with Gasteiger partial charge in [-0.25, -0.2) is 4.98 Å². The lowest BCUT2D eigenvalue weighted by Crippen LogP contribution is -2.09. The van der Waals surface area contributed by atoms with Crippen molar-refractivity contribution in [1.82, 2.24) is 4.98 Å². The second-order valence-corrected chi connectivity index (χ2v) is 3.12. The molecule has 1 rings (SSSR count). The molecule has 0 fully saturated rings. The maximum Gasteiger partial charge on any atom is 0.222 e. The summed E-state index contributed by atoms with van der Waals surface area (Å²) in [5, 5.41) is 2.54. The van der Waals surface area contributed by atoms with Gasteiger partial charge in [-0.1, -0.05) is 0 Å². The molecule has 0 bridgehead atoms. The number of anilines is 1. The molecule has 74 valence electrons. The normalized spacial score (nSPS) is 9.64. The average Bonchev–Trinajstić information content (AvgIpc) is 2.01. The fourth-order valence-corrected chi connectivity index (χ4v) is 1.12. The number of nitrogens with one attached hydrogen (secondary N) is 1. The molecule has 1 aromatic rings. The van der Waals surface area contributed by atoms with Crippen LogP contribution in [-0.4, -0.2) is 16.7 Å². The van der Waals surface area contributed by atoms with Crippen LogP contribution in [0.2, 0.25) is 0 Å². The molecular formula is C10H12N2O2. The van der Waals surface area contributed by atoms with Crippen molar-refractivity contribution in [2.45, 2.75) is 20.8 Å². The van der Waals surface area contributed by atoms with Crippen molar-refractivity contribution in [3.63, 3.8) is 0 Å². The van der Waals surface area contributed by atoms with Crippen LogP contribution in [0, 0.1) is 6.92 Å². The molecule has 0 saturated heterocycles. The minimum atomic E-state index is -0.197. The first-order chi connectivity index (χ1) is 6.49. The zero-order valence-electron chi connectivity index (χ0n) is 8.42. The second kappa shape index (κ2) is 4.00. The first kappa shape index (κ1) is 10.4. The molecule has 0 atom stereocenters. The maximum absolute atomic E-state index is 11.1. The minimum Gasteiger partial charge on any atom is -0.311 e. The number of hydrogen-bond acceptors (Lipinski definition) is 3. The minimum absolute atomic E-state index is 0.0397. The summed E-state index contributed by atoms with van der Waals surface area (Å²) in [6.07, 6.45) is 0. The number of pyridine rings is 1. The third-order valence-electron chi connectivity index (χ3n) is 1.66. The van der Waals surface area contributed by atoms with Crippen LogP contribution in [0.3, 0.4) is 0 Å². The third-order valence-corrected chi connectivity index (χ3v) is 1.66. The lowest BCUT2D eigenvalue weighted by atomic mass is 10.1. The highest BCUT2D eigenvalue weighted by Crippen LogP contribution is 2.10. The molecule has 0 spiro atoms. The highest BCUT2D eigenvalue weighted by molar-refractivity contribution is 5.96. The Labute approximate surface area is 82.3 Å². The number of hydrogen-bond donors (Lipinski definition) is 1. The van der Waals surface area contributed by atoms with Gasteiger partial charge in [0.05, 0.1) is 0 Å². The summed E-state index contributed by atoms with van der Waals surface area (Å²) >= 11 is 0. The standard InChI is InChI=1S/C10H12N2O2/c1-6-4-9(7(2)13)5-10(11-6)12-8(3)14/h4-5H,1-3H3,(H,11,12,14). The summed E-state index contributed by atoms with van der Waals surface area (Å²) in [4.78, 5) is 25.9. The lowest BCUT2D eigenvalue weighted by Gasteiger charge is -2.04. The molecule has 1 amide bonds. The Balaban J connectivity index is 3.07. The van der Waals surface area contributed by atoms with Gasteiger partial charge in [-0.2, -0.15) is 0 Å². The average molecular weight is 192 g/mol. The van der Waals surface area contributed by atoms with Crippen molar-refractivity contribution in [2.75, 3.05) is 5.32 Å². The molecule has 0 saturated carbocycles. The quantitative estimate of drug-likeness (QED) is 0.723. The monoisotopic (exact) mass is 192 g/mol. The van der Waals surface area contributed by atoms with E-state index in [4.69, 9.17) is 0 Å². The van der Waals surface area contributed by atoms with Crippen LogP contribution in [-0.2, 0) is 4.79 Å². The smallest absolute Gasteiger partial charge is 0.222 e. The Morgan fingerprint density at radius 2 is 1.93 bits per heavy atom. The van der Waals surface area contributed by atoms with Gasteiger partial charge in [0.25, 0.3) is 0 Å². The van der Waals surface area contributed by atoms with E-state index in [-0.39, 0.29) is 11.7 Å². The van der Waals surface area contributed by atoms with E-state index in [0.717, 1.165) is 0 Å². The molecular weight excluding hydrogens is 180 g/mol. The number of amides is 1. The summed E-state index contributed by atoms with van der Waals surface area (Å²) in [6.45, 7) is 4.65. The van der Waals surface area contributed by atoms with Gasteiger partial charge >= 0.3 is 0 Å². The number of carbonyl (C=O) groups is 2. The van der Waals surface area contributed by atoms with Crippen LogP contribution >= 0.6 is 0 Å². The highest BCUT2D eigenvalue weighted by Gasteiger charge is 2.04. The molecule has 0 aromatic carbocycles. The van der Waals surface area contributed by atoms with Crippen LogP contribution in [0.4, 0.5) is 5.82 Å². The number of rotatable bonds is 2. The van der Waals surface area contributed by atoms with E-state index >= 15 is 0 Å². The van der Waals surface area contributed by atoms with Crippen molar-refractivity contribution in [3.05, 3.63) is 23.4 Å². The van der Waals surface area contributed by atoms with E-state index in [0.29, 0.717) is 17.1 Å². The zero-order valence-corrected chi connectivity index (χ0v) is 8.42. The van der Waals surface area contributed by atoms with E-state index in [2.05, 4.69) is 10.3 Å². The molecule has 0 aliphatic rings. The van der Waals surface area contributed by atoms with Gasteiger partial charge in [-0.3, -0.25) is 9.59 Å². The fourth-order valence-electron chi connectivity index (χ4n) is 1.12. The predicted molar refractivity (Wildman–Crippen MR) is 53.3 cm³/mol. The summed E-state index contributed by atoms with van der Waals surface area (Å²) in [6, 6.07) is 3.25. The second-order valence-electron chi connectivity index (χ2n) is 3.12. The predicted octanol–water partition coefficient (Wildman–Crippen LogP) is 1.55. The Hall–Kier alpha value is -1.71. The fraction of sp³-hybridized carbons (Fsp3) is 0.300. The van der Waals surface area contributed by atoms with Crippen LogP contribution in [0.5, 0.6) is 0 Å². The third kappa shape index (κ3) is 2.65. The summed E-state index contributed by atoms with van der Waals surface area (Å²) in [5.41, 5.74) is 1.27. The van der Waals surface area contributed by atoms with Crippen molar-refractivity contribution in [3.8, 4) is 0 Å². The number of aromatic nitrogens is 1. The van der Waals surface area contributed by atoms with Crippen LogP contribution < -0.4 is 5.32 Å². The van der Waals surface area contributed by atoms with Crippen LogP contribution in [0.1, 0.15) is 29.9 Å². The number of aryl methyl sites for hydroxylation is 1. The highest BCUT2D eigenvalue weighted by atomic mass is 16.1. The molecule has 0 aliphatic heterocycles. The SMILES string of the molecule is CC(=O)Nc1cc(C(C)=O)cc(C)n1. The molecule has 1 aromatic heterocycles. The van der Waals surface area contributed by atoms with Gasteiger partial charge < -0.3 is 5.32 Å². The molecule has 14 heavy (non-hydrogen) atoms. The number of carbonyl (C=O) groups excluding carboxylic acids is 2. The number of nitrogens with zero attached hydrogens (tertiary/aromatic N) is 1. The molecule has 1 heterocycles. The molecule has 0 aliphatic carbocycles. The molecule has 1 N–H and O–H groups in total. The van der Waals surface area contributed by atoms with Crippen molar-refractivity contribution >= 4 is 17.5 Å². The van der Waals surface area contributed by atoms with Crippen LogP contribution in [0.25, 0.3) is 0 Å². The van der Waals surface area contributed by atoms with E-state index in [1.54, 1.807) is 19.1 Å². The Morgan fingerprint density at radius 1 is 1.29 bits per heavy atom. The van der Waals surface area contributed by atoms with Crippen molar-refractivity contribution in [2.24, 2.45) is 0 Å². The largest absolute Gasteiger partial charge is 0.311 e. The van der Waals surface area contributed by atoms with E-state index < -0.39 is 0 Å². The van der Waals surface area contributed by atoms with Crippen LogP contribution in [0.15, 0.2) is 12.1 Å². The Morgan fingerprint density at radius 3 is 2.43 bits per heavy atom. The van der Waals surface area contributed by atoms with E-state index in [9.17, 15) is 9.59 Å². The molecule has 0 unspecified atom stereocenters. The van der Waals surface area contributed by atoms with Crippen molar-refractivity contribution in [1.29, 1.82) is 0 Å². The van der Waals surface area contributed by atoms with E-state index in [1.165, 1.54) is 13.8 Å². The van der Waals surface area contributed by atoms with Gasteiger partial charge in [0.15, 0.2) is 5.78 Å². The maximum atomic E-state index is 11.1. The van der Waals surface area contributed by atoms with Gasteiger partial charge in [0.1, 0.15) is 5.82 Å². The topological polar surface area (TPSA) is 59.1 Å². The van der Waals surface area contributed by atoms with Gasteiger partial charge in [0, 0.05) is 18.2 Å². The number of ketones is 1. The molecule has 4 nitrogen and oxygen atoms in total. The molecule has 0 radical (unpaired) electrons. The first-order valence-electron chi connectivity index (χ1n) is 4.26. The molecule has 4 heteroatoms. The Bertz CT molecular complexity index is 386. The van der Waals surface area contributed by atoms with Crippen molar-refractivity contribution < 1.29 is 9.59 Å². The Kier molecular flexibility index (Phi) is 2.96. The van der Waals surface area contributed by atoms with Gasteiger partial charge in [-0.05, 0) is 26.0 Å². The summed E-state index contributed by atoms with van der Waals surface area (Å²) in [7, 11) is 0. The number of Topliss-reactive ketones (excluding diaryl/α,β-unsaturated/α-hetero) is 1. The zero-order chi connectivity index (χ0) is 10.7. The first-order valence-corrected chi connectivity index (χ1v) is 4.26. The van der Waals surface area contributed by atoms with Gasteiger partial charge in [0.2, 0.25) is 5.91 Å². The van der Waals surface area contributed by atoms with E-state index in [1.807, 2.05) is 0 Å². The summed E-state index contributed by atoms with van der Waals surface area (Å²) < 4.78 is 0. The summed E-state index contributed by atoms with van der Waals surface area (Å²) in [5.74, 6) is 0.183. The van der Waals surface area contributed by atoms with Gasteiger partial charge in [-0.15, -0.1) is 0 Å². The lowest BCUT2D eigenvalue weighted by molar-refractivity contribution is -0.114.